The molecule has 6 heteroatoms. The number of nitrogens with zero attached hydrogens (tertiary/aromatic N) is 2. The molecule has 2 aromatic carbocycles. The van der Waals surface area contributed by atoms with Crippen LogP contribution in [0.25, 0.3) is 0 Å². The van der Waals surface area contributed by atoms with Crippen molar-refractivity contribution in [1.29, 1.82) is 0 Å². The summed E-state index contributed by atoms with van der Waals surface area (Å²) >= 11 is 0. The van der Waals surface area contributed by atoms with Crippen LogP contribution in [0.3, 0.4) is 0 Å². The number of halogens is 1. The molecular weight excluding hydrogens is 333 g/mol. The molecule has 3 rings (SSSR count). The highest BCUT2D eigenvalue weighted by atomic mass is 19.1. The van der Waals surface area contributed by atoms with Crippen LogP contribution >= 0.6 is 0 Å². The zero-order valence-electron chi connectivity index (χ0n) is 14.7. The highest BCUT2D eigenvalue weighted by Gasteiger charge is 2.22. The van der Waals surface area contributed by atoms with Gasteiger partial charge < -0.3 is 15.1 Å². The molecule has 2 amide bonds. The van der Waals surface area contributed by atoms with Crippen molar-refractivity contribution in [2.75, 3.05) is 37.6 Å². The lowest BCUT2D eigenvalue weighted by atomic mass is 10.1. The molecule has 0 atom stereocenters. The lowest BCUT2D eigenvalue weighted by Crippen LogP contribution is -2.51. The molecule has 1 fully saturated rings. The fourth-order valence-corrected chi connectivity index (χ4v) is 3.06. The van der Waals surface area contributed by atoms with E-state index in [-0.39, 0.29) is 24.2 Å². The smallest absolute Gasteiger partial charge is 0.251 e. The van der Waals surface area contributed by atoms with Gasteiger partial charge in [0.2, 0.25) is 5.91 Å². The van der Waals surface area contributed by atoms with Crippen LogP contribution in [0, 0.1) is 12.7 Å². The van der Waals surface area contributed by atoms with E-state index in [1.807, 2.05) is 24.0 Å². The Hall–Kier alpha value is -2.89. The predicted octanol–water partition coefficient (Wildman–Crippen LogP) is 2.21. The lowest BCUT2D eigenvalue weighted by Gasteiger charge is -2.36. The number of amides is 2. The van der Waals surface area contributed by atoms with E-state index < -0.39 is 0 Å². The first-order valence-electron chi connectivity index (χ1n) is 8.67. The van der Waals surface area contributed by atoms with Crippen molar-refractivity contribution in [1.82, 2.24) is 10.2 Å². The number of piperazine rings is 1. The number of aryl methyl sites for hydroxylation is 1. The minimum absolute atomic E-state index is 0.0352. The predicted molar refractivity (Wildman–Crippen MR) is 98.7 cm³/mol. The van der Waals surface area contributed by atoms with Crippen molar-refractivity contribution in [2.24, 2.45) is 0 Å². The summed E-state index contributed by atoms with van der Waals surface area (Å²) in [6.07, 6.45) is 0. The van der Waals surface area contributed by atoms with Crippen molar-refractivity contribution in [3.05, 3.63) is 65.5 Å². The first-order chi connectivity index (χ1) is 12.5. The topological polar surface area (TPSA) is 52.7 Å². The molecule has 0 spiro atoms. The Morgan fingerprint density at radius 2 is 1.77 bits per heavy atom. The van der Waals surface area contributed by atoms with Gasteiger partial charge >= 0.3 is 0 Å². The third-order valence-corrected chi connectivity index (χ3v) is 4.51. The average Bonchev–Trinajstić information content (AvgIpc) is 2.66. The summed E-state index contributed by atoms with van der Waals surface area (Å²) < 4.78 is 13.9. The van der Waals surface area contributed by atoms with Gasteiger partial charge in [-0.05, 0) is 31.2 Å². The van der Waals surface area contributed by atoms with Gasteiger partial charge in [-0.15, -0.1) is 0 Å². The van der Waals surface area contributed by atoms with Crippen molar-refractivity contribution >= 4 is 17.5 Å². The van der Waals surface area contributed by atoms with E-state index in [4.69, 9.17) is 0 Å². The molecule has 1 saturated heterocycles. The summed E-state index contributed by atoms with van der Waals surface area (Å²) in [6, 6.07) is 13.9. The first-order valence-corrected chi connectivity index (χ1v) is 8.67. The Kier molecular flexibility index (Phi) is 5.51. The summed E-state index contributed by atoms with van der Waals surface area (Å²) in [6.45, 7) is 4.03. The molecule has 1 heterocycles. The summed E-state index contributed by atoms with van der Waals surface area (Å²) in [5.41, 5.74) is 2.10. The van der Waals surface area contributed by atoms with Gasteiger partial charge in [-0.2, -0.15) is 0 Å². The Balaban J connectivity index is 1.49. The lowest BCUT2D eigenvalue weighted by molar-refractivity contribution is -0.130. The van der Waals surface area contributed by atoms with E-state index in [0.717, 1.165) is 5.56 Å². The average molecular weight is 355 g/mol. The Morgan fingerprint density at radius 1 is 1.04 bits per heavy atom. The van der Waals surface area contributed by atoms with E-state index in [1.165, 1.54) is 6.07 Å². The molecule has 0 saturated carbocycles. The molecule has 1 aliphatic rings. The minimum Gasteiger partial charge on any atom is -0.366 e. The van der Waals surface area contributed by atoms with Crippen LogP contribution in [-0.2, 0) is 4.79 Å². The molecule has 1 N–H and O–H groups in total. The third kappa shape index (κ3) is 4.20. The van der Waals surface area contributed by atoms with E-state index in [0.29, 0.717) is 37.4 Å². The highest BCUT2D eigenvalue weighted by molar-refractivity contribution is 5.96. The fourth-order valence-electron chi connectivity index (χ4n) is 3.06. The summed E-state index contributed by atoms with van der Waals surface area (Å²) in [7, 11) is 0. The molecule has 1 aliphatic heterocycles. The summed E-state index contributed by atoms with van der Waals surface area (Å²) in [5.74, 6) is -0.635. The maximum atomic E-state index is 13.9. The Bertz CT molecular complexity index is 801. The molecule has 0 aromatic heterocycles. The van der Waals surface area contributed by atoms with Crippen molar-refractivity contribution in [2.45, 2.75) is 6.92 Å². The van der Waals surface area contributed by atoms with Gasteiger partial charge in [-0.25, -0.2) is 4.39 Å². The van der Waals surface area contributed by atoms with Gasteiger partial charge in [0.15, 0.2) is 0 Å². The Labute approximate surface area is 152 Å². The molecular formula is C20H22FN3O2. The molecule has 5 nitrogen and oxygen atoms in total. The second kappa shape index (κ2) is 7.99. The van der Waals surface area contributed by atoms with Gasteiger partial charge in [0, 0.05) is 31.7 Å². The monoisotopic (exact) mass is 355 g/mol. The standard InChI is InChI=1S/C20H22FN3O2/c1-15-5-4-6-16(13-15)20(26)22-14-19(25)24-11-9-23(10-12-24)18-8-3-2-7-17(18)21/h2-8,13H,9-12,14H2,1H3,(H,22,26). The molecule has 2 aromatic rings. The van der Waals surface area contributed by atoms with Crippen molar-refractivity contribution < 1.29 is 14.0 Å². The third-order valence-electron chi connectivity index (χ3n) is 4.51. The maximum Gasteiger partial charge on any atom is 0.251 e. The van der Waals surface area contributed by atoms with Crippen LogP contribution in [-0.4, -0.2) is 49.4 Å². The molecule has 0 radical (unpaired) electrons. The van der Waals surface area contributed by atoms with Crippen LogP contribution in [0.5, 0.6) is 0 Å². The quantitative estimate of drug-likeness (QED) is 0.915. The summed E-state index contributed by atoms with van der Waals surface area (Å²) in [5, 5.41) is 2.67. The zero-order chi connectivity index (χ0) is 18.5. The van der Waals surface area contributed by atoms with Gasteiger partial charge in [0.1, 0.15) is 5.82 Å². The number of para-hydroxylation sites is 1. The molecule has 26 heavy (non-hydrogen) atoms. The first kappa shape index (κ1) is 17.9. The minimum atomic E-state index is -0.257. The number of benzene rings is 2. The maximum absolute atomic E-state index is 13.9. The van der Waals surface area contributed by atoms with E-state index in [9.17, 15) is 14.0 Å². The van der Waals surface area contributed by atoms with Crippen molar-refractivity contribution in [3.8, 4) is 0 Å². The number of anilines is 1. The van der Waals surface area contributed by atoms with Crippen LogP contribution in [0.2, 0.25) is 0 Å². The molecule has 0 unspecified atom stereocenters. The van der Waals surface area contributed by atoms with Gasteiger partial charge in [-0.1, -0.05) is 29.8 Å². The zero-order valence-corrected chi connectivity index (χ0v) is 14.7. The molecule has 0 aliphatic carbocycles. The number of carbonyl (C=O) groups excluding carboxylic acids is 2. The van der Waals surface area contributed by atoms with Gasteiger partial charge in [0.25, 0.3) is 5.91 Å². The van der Waals surface area contributed by atoms with Crippen LogP contribution < -0.4 is 10.2 Å². The SMILES string of the molecule is Cc1cccc(C(=O)NCC(=O)N2CCN(c3ccccc3F)CC2)c1. The second-order valence-corrected chi connectivity index (χ2v) is 6.37. The van der Waals surface area contributed by atoms with Crippen LogP contribution in [0.15, 0.2) is 48.5 Å². The van der Waals surface area contributed by atoms with Gasteiger partial charge in [0.05, 0.1) is 12.2 Å². The largest absolute Gasteiger partial charge is 0.366 e. The second-order valence-electron chi connectivity index (χ2n) is 6.37. The highest BCUT2D eigenvalue weighted by Crippen LogP contribution is 2.20. The van der Waals surface area contributed by atoms with Crippen molar-refractivity contribution in [3.63, 3.8) is 0 Å². The fraction of sp³-hybridized carbons (Fsp3) is 0.300. The van der Waals surface area contributed by atoms with Crippen LogP contribution in [0.4, 0.5) is 10.1 Å². The van der Waals surface area contributed by atoms with E-state index in [2.05, 4.69) is 5.32 Å². The molecule has 0 bridgehead atoms. The summed E-state index contributed by atoms with van der Waals surface area (Å²) in [4.78, 5) is 28.1. The van der Waals surface area contributed by atoms with Gasteiger partial charge in [-0.3, -0.25) is 9.59 Å². The van der Waals surface area contributed by atoms with E-state index in [1.54, 1.807) is 35.2 Å². The van der Waals surface area contributed by atoms with Crippen LogP contribution in [0.1, 0.15) is 15.9 Å². The number of rotatable bonds is 4. The molecule has 136 valence electrons. The number of nitrogens with one attached hydrogen (secondary N) is 1. The van der Waals surface area contributed by atoms with E-state index >= 15 is 0 Å². The normalized spacial score (nSPS) is 14.2. The Morgan fingerprint density at radius 3 is 2.46 bits per heavy atom. The number of carbonyl (C=O) groups is 2. The number of hydrogen-bond acceptors (Lipinski definition) is 3. The number of hydrogen-bond donors (Lipinski definition) is 1.